The fourth-order valence-corrected chi connectivity index (χ4v) is 2.62. The van der Waals surface area contributed by atoms with Crippen LogP contribution in [-0.4, -0.2) is 20.3 Å². The van der Waals surface area contributed by atoms with Gasteiger partial charge in [0, 0.05) is 23.6 Å². The van der Waals surface area contributed by atoms with Crippen LogP contribution in [0.4, 0.5) is 0 Å². The van der Waals surface area contributed by atoms with Crippen molar-refractivity contribution < 1.29 is 9.47 Å². The summed E-state index contributed by atoms with van der Waals surface area (Å²) in [4.78, 5) is 0. The highest BCUT2D eigenvalue weighted by molar-refractivity contribution is 6.31. The second kappa shape index (κ2) is 7.01. The van der Waals surface area contributed by atoms with E-state index in [4.69, 9.17) is 21.1 Å². The summed E-state index contributed by atoms with van der Waals surface area (Å²) < 4.78 is 11.4. The summed E-state index contributed by atoms with van der Waals surface area (Å²) in [5, 5.41) is 4.09. The standard InChI is InChI=1S/C15H22ClNO2/c1-3-4-6-13(17-2)11-9-14-15(10-12(11)16)19-8-5-7-18-14/h9-10,13,17H,3-8H2,1-2H3. The summed E-state index contributed by atoms with van der Waals surface area (Å²) in [7, 11) is 1.97. The molecule has 0 bridgehead atoms. The Kier molecular flexibility index (Phi) is 5.34. The van der Waals surface area contributed by atoms with E-state index in [0.29, 0.717) is 13.2 Å². The lowest BCUT2D eigenvalue weighted by Crippen LogP contribution is -2.17. The van der Waals surface area contributed by atoms with Gasteiger partial charge in [-0.05, 0) is 25.1 Å². The van der Waals surface area contributed by atoms with Crippen LogP contribution >= 0.6 is 11.6 Å². The number of fused-ring (bicyclic) bond motifs is 1. The Labute approximate surface area is 120 Å². The van der Waals surface area contributed by atoms with Gasteiger partial charge in [-0.3, -0.25) is 0 Å². The predicted molar refractivity (Wildman–Crippen MR) is 78.4 cm³/mol. The molecule has 1 atom stereocenters. The minimum atomic E-state index is 0.268. The molecule has 1 unspecified atom stereocenters. The third-order valence-corrected chi connectivity index (χ3v) is 3.76. The molecule has 0 aliphatic carbocycles. The maximum absolute atomic E-state index is 6.39. The lowest BCUT2D eigenvalue weighted by molar-refractivity contribution is 0.297. The molecule has 2 rings (SSSR count). The number of rotatable bonds is 5. The zero-order valence-corrected chi connectivity index (χ0v) is 12.4. The lowest BCUT2D eigenvalue weighted by Gasteiger charge is -2.19. The average molecular weight is 284 g/mol. The van der Waals surface area contributed by atoms with Crippen molar-refractivity contribution in [1.82, 2.24) is 5.32 Å². The van der Waals surface area contributed by atoms with E-state index in [1.165, 1.54) is 12.8 Å². The van der Waals surface area contributed by atoms with Crippen molar-refractivity contribution in [3.8, 4) is 11.5 Å². The van der Waals surface area contributed by atoms with E-state index in [9.17, 15) is 0 Å². The molecule has 1 aromatic rings. The molecule has 0 aromatic heterocycles. The number of hydrogen-bond donors (Lipinski definition) is 1. The van der Waals surface area contributed by atoms with E-state index in [-0.39, 0.29) is 6.04 Å². The Hall–Kier alpha value is -0.930. The van der Waals surface area contributed by atoms with Crippen molar-refractivity contribution >= 4 is 11.6 Å². The fraction of sp³-hybridized carbons (Fsp3) is 0.600. The number of unbranched alkanes of at least 4 members (excludes halogenated alkanes) is 1. The highest BCUT2D eigenvalue weighted by atomic mass is 35.5. The minimum absolute atomic E-state index is 0.268. The second-order valence-corrected chi connectivity index (χ2v) is 5.26. The number of ether oxygens (including phenoxy) is 2. The molecule has 0 fully saturated rings. The summed E-state index contributed by atoms with van der Waals surface area (Å²) in [6, 6.07) is 4.18. The smallest absolute Gasteiger partial charge is 0.162 e. The largest absolute Gasteiger partial charge is 0.490 e. The molecule has 0 radical (unpaired) electrons. The molecule has 1 aromatic carbocycles. The van der Waals surface area contributed by atoms with Gasteiger partial charge < -0.3 is 14.8 Å². The minimum Gasteiger partial charge on any atom is -0.490 e. The second-order valence-electron chi connectivity index (χ2n) is 4.85. The Morgan fingerprint density at radius 2 is 1.95 bits per heavy atom. The number of halogens is 1. The lowest BCUT2D eigenvalue weighted by atomic mass is 10.0. The molecule has 4 heteroatoms. The van der Waals surface area contributed by atoms with E-state index < -0.39 is 0 Å². The van der Waals surface area contributed by atoms with Crippen molar-refractivity contribution in [2.45, 2.75) is 38.6 Å². The van der Waals surface area contributed by atoms with Crippen molar-refractivity contribution in [2.75, 3.05) is 20.3 Å². The van der Waals surface area contributed by atoms with Crippen LogP contribution in [0, 0.1) is 0 Å². The van der Waals surface area contributed by atoms with Gasteiger partial charge in [0.25, 0.3) is 0 Å². The Balaban J connectivity index is 2.26. The van der Waals surface area contributed by atoms with Crippen LogP contribution in [0.3, 0.4) is 0 Å². The van der Waals surface area contributed by atoms with Crippen LogP contribution in [0.15, 0.2) is 12.1 Å². The van der Waals surface area contributed by atoms with Crippen molar-refractivity contribution in [3.63, 3.8) is 0 Å². The van der Waals surface area contributed by atoms with Crippen molar-refractivity contribution in [1.29, 1.82) is 0 Å². The van der Waals surface area contributed by atoms with Gasteiger partial charge in [0.05, 0.1) is 13.2 Å². The SMILES string of the molecule is CCCCC(NC)c1cc2c(cc1Cl)OCCCO2. The Bertz CT molecular complexity index is 423. The molecular weight excluding hydrogens is 262 g/mol. The number of nitrogens with one attached hydrogen (secondary N) is 1. The number of hydrogen-bond acceptors (Lipinski definition) is 3. The predicted octanol–water partition coefficient (Wildman–Crippen LogP) is 3.95. The zero-order valence-electron chi connectivity index (χ0n) is 11.7. The molecule has 106 valence electrons. The average Bonchev–Trinajstić information content (AvgIpc) is 2.64. The fourth-order valence-electron chi connectivity index (χ4n) is 2.33. The molecule has 1 heterocycles. The van der Waals surface area contributed by atoms with Gasteiger partial charge in [-0.15, -0.1) is 0 Å². The Morgan fingerprint density at radius 1 is 1.26 bits per heavy atom. The molecule has 0 saturated carbocycles. The van der Waals surface area contributed by atoms with Crippen LogP contribution in [0.2, 0.25) is 5.02 Å². The maximum Gasteiger partial charge on any atom is 0.162 e. The van der Waals surface area contributed by atoms with E-state index in [1.54, 1.807) is 0 Å². The summed E-state index contributed by atoms with van der Waals surface area (Å²) in [6.45, 7) is 3.59. The van der Waals surface area contributed by atoms with Crippen LogP contribution in [0.1, 0.15) is 44.2 Å². The van der Waals surface area contributed by atoms with Crippen LogP contribution in [0.5, 0.6) is 11.5 Å². The first-order valence-corrected chi connectivity index (χ1v) is 7.40. The quantitative estimate of drug-likeness (QED) is 0.887. The van der Waals surface area contributed by atoms with Gasteiger partial charge in [0.2, 0.25) is 0 Å². The molecule has 19 heavy (non-hydrogen) atoms. The molecule has 0 spiro atoms. The van der Waals surface area contributed by atoms with E-state index in [2.05, 4.69) is 12.2 Å². The van der Waals surface area contributed by atoms with Gasteiger partial charge in [-0.25, -0.2) is 0 Å². The first kappa shape index (κ1) is 14.5. The third kappa shape index (κ3) is 3.54. The molecular formula is C15H22ClNO2. The van der Waals surface area contributed by atoms with E-state index >= 15 is 0 Å². The zero-order chi connectivity index (χ0) is 13.7. The molecule has 0 amide bonds. The summed E-state index contributed by atoms with van der Waals surface area (Å²) in [5.74, 6) is 1.57. The Morgan fingerprint density at radius 3 is 2.58 bits per heavy atom. The maximum atomic E-state index is 6.39. The first-order chi connectivity index (χ1) is 9.26. The van der Waals surface area contributed by atoms with Gasteiger partial charge in [-0.2, -0.15) is 0 Å². The molecule has 1 N–H and O–H groups in total. The molecule has 3 nitrogen and oxygen atoms in total. The summed E-state index contributed by atoms with van der Waals surface area (Å²) in [6.07, 6.45) is 4.34. The highest BCUT2D eigenvalue weighted by Crippen LogP contribution is 2.38. The van der Waals surface area contributed by atoms with Gasteiger partial charge in [0.1, 0.15) is 0 Å². The topological polar surface area (TPSA) is 30.5 Å². The summed E-state index contributed by atoms with van der Waals surface area (Å²) >= 11 is 6.39. The van der Waals surface area contributed by atoms with Crippen molar-refractivity contribution in [3.05, 3.63) is 22.7 Å². The summed E-state index contributed by atoms with van der Waals surface area (Å²) in [5.41, 5.74) is 1.10. The normalized spacial score (nSPS) is 15.9. The van der Waals surface area contributed by atoms with E-state index in [0.717, 1.165) is 34.9 Å². The third-order valence-electron chi connectivity index (χ3n) is 3.44. The first-order valence-electron chi connectivity index (χ1n) is 7.02. The number of benzene rings is 1. The molecule has 1 aliphatic heterocycles. The van der Waals surface area contributed by atoms with Crippen LogP contribution in [-0.2, 0) is 0 Å². The van der Waals surface area contributed by atoms with Gasteiger partial charge in [-0.1, -0.05) is 31.4 Å². The molecule has 1 aliphatic rings. The monoisotopic (exact) mass is 283 g/mol. The highest BCUT2D eigenvalue weighted by Gasteiger charge is 2.18. The van der Waals surface area contributed by atoms with Gasteiger partial charge >= 0.3 is 0 Å². The van der Waals surface area contributed by atoms with Crippen LogP contribution < -0.4 is 14.8 Å². The van der Waals surface area contributed by atoms with Crippen molar-refractivity contribution in [2.24, 2.45) is 0 Å². The molecule has 0 saturated heterocycles. The van der Waals surface area contributed by atoms with Crippen LogP contribution in [0.25, 0.3) is 0 Å². The van der Waals surface area contributed by atoms with E-state index in [1.807, 2.05) is 19.2 Å². The van der Waals surface area contributed by atoms with Gasteiger partial charge in [0.15, 0.2) is 11.5 Å².